The summed E-state index contributed by atoms with van der Waals surface area (Å²) >= 11 is 0. The number of anilines is 1. The van der Waals surface area contributed by atoms with Gasteiger partial charge in [-0.15, -0.1) is 0 Å². The number of hydrogen-bond acceptors (Lipinski definition) is 5. The van der Waals surface area contributed by atoms with E-state index in [2.05, 4.69) is 10.1 Å². The number of pyridine rings is 1. The molecule has 0 atom stereocenters. The first-order valence-corrected chi connectivity index (χ1v) is 6.41. The molecule has 1 aliphatic carbocycles. The summed E-state index contributed by atoms with van der Waals surface area (Å²) in [6.45, 7) is 0.572. The third kappa shape index (κ3) is 3.14. The Hall–Kier alpha value is -1.82. The van der Waals surface area contributed by atoms with Gasteiger partial charge in [0.1, 0.15) is 5.82 Å². The number of aliphatic hydroxyl groups is 1. The highest BCUT2D eigenvalue weighted by atomic mass is 16.4. The Balaban J connectivity index is 2.05. The SMILES string of the molecule is CN(CC1(O)CCCC1)c1ccc(/C(N)=N/O)cn1. The molecule has 2 rings (SSSR count). The summed E-state index contributed by atoms with van der Waals surface area (Å²) < 4.78 is 0. The van der Waals surface area contributed by atoms with Crippen LogP contribution in [0.3, 0.4) is 0 Å². The lowest BCUT2D eigenvalue weighted by Gasteiger charge is -2.29. The van der Waals surface area contributed by atoms with Crippen LogP contribution < -0.4 is 10.6 Å². The lowest BCUT2D eigenvalue weighted by molar-refractivity contribution is 0.0558. The molecule has 0 aromatic carbocycles. The van der Waals surface area contributed by atoms with Crippen molar-refractivity contribution in [1.82, 2.24) is 4.98 Å². The Morgan fingerprint density at radius 1 is 1.47 bits per heavy atom. The Morgan fingerprint density at radius 2 is 2.16 bits per heavy atom. The van der Waals surface area contributed by atoms with Crippen LogP contribution in [0.1, 0.15) is 31.2 Å². The molecule has 0 radical (unpaired) electrons. The van der Waals surface area contributed by atoms with Crippen LogP contribution in [0.15, 0.2) is 23.5 Å². The molecule has 0 aliphatic heterocycles. The normalized spacial score (nSPS) is 18.5. The van der Waals surface area contributed by atoms with Crippen molar-refractivity contribution in [3.63, 3.8) is 0 Å². The van der Waals surface area contributed by atoms with E-state index in [0.717, 1.165) is 31.5 Å². The predicted molar refractivity (Wildman–Crippen MR) is 73.4 cm³/mol. The maximum Gasteiger partial charge on any atom is 0.171 e. The number of nitrogens with zero attached hydrogens (tertiary/aromatic N) is 3. The van der Waals surface area contributed by atoms with Gasteiger partial charge in [0.25, 0.3) is 0 Å². The molecule has 0 spiro atoms. The largest absolute Gasteiger partial charge is 0.409 e. The van der Waals surface area contributed by atoms with Crippen molar-refractivity contribution in [2.45, 2.75) is 31.3 Å². The lowest BCUT2D eigenvalue weighted by atomic mass is 10.0. The van der Waals surface area contributed by atoms with Crippen LogP contribution in [-0.4, -0.2) is 40.3 Å². The van der Waals surface area contributed by atoms with E-state index in [0.29, 0.717) is 12.1 Å². The quantitative estimate of drug-likeness (QED) is 0.325. The minimum absolute atomic E-state index is 0.0381. The van der Waals surface area contributed by atoms with Gasteiger partial charge in [-0.1, -0.05) is 18.0 Å². The zero-order chi connectivity index (χ0) is 13.9. The smallest absolute Gasteiger partial charge is 0.171 e. The average Bonchev–Trinajstić information content (AvgIpc) is 2.84. The van der Waals surface area contributed by atoms with Crippen molar-refractivity contribution in [1.29, 1.82) is 0 Å². The summed E-state index contributed by atoms with van der Waals surface area (Å²) in [6, 6.07) is 3.54. The predicted octanol–water partition coefficient (Wildman–Crippen LogP) is 0.917. The second-order valence-corrected chi connectivity index (χ2v) is 5.18. The van der Waals surface area contributed by atoms with Crippen molar-refractivity contribution in [2.24, 2.45) is 10.9 Å². The topological polar surface area (TPSA) is 95.0 Å². The van der Waals surface area contributed by atoms with Gasteiger partial charge in [0.2, 0.25) is 0 Å². The van der Waals surface area contributed by atoms with E-state index < -0.39 is 5.60 Å². The van der Waals surface area contributed by atoms with E-state index >= 15 is 0 Å². The van der Waals surface area contributed by atoms with Crippen LogP contribution in [0.4, 0.5) is 5.82 Å². The second kappa shape index (κ2) is 5.44. The molecule has 4 N–H and O–H groups in total. The molecule has 0 bridgehead atoms. The fraction of sp³-hybridized carbons (Fsp3) is 0.538. The number of amidine groups is 1. The number of likely N-dealkylation sites (N-methyl/N-ethyl adjacent to an activating group) is 1. The van der Waals surface area contributed by atoms with E-state index in [-0.39, 0.29) is 5.84 Å². The standard InChI is InChI=1S/C13H20N4O2/c1-17(9-13(18)6-2-3-7-13)11-5-4-10(8-15-11)12(14)16-19/h4-5,8,18-19H,2-3,6-7,9H2,1H3,(H2,14,16). The van der Waals surface area contributed by atoms with Crippen LogP contribution >= 0.6 is 0 Å². The molecule has 104 valence electrons. The molecule has 1 aromatic heterocycles. The lowest BCUT2D eigenvalue weighted by Crippen LogP contribution is -2.39. The molecule has 0 amide bonds. The van der Waals surface area contributed by atoms with Gasteiger partial charge in [-0.05, 0) is 25.0 Å². The fourth-order valence-corrected chi connectivity index (χ4v) is 2.53. The molecule has 0 unspecified atom stereocenters. The van der Waals surface area contributed by atoms with Crippen molar-refractivity contribution in [2.75, 3.05) is 18.5 Å². The maximum absolute atomic E-state index is 10.4. The summed E-state index contributed by atoms with van der Waals surface area (Å²) in [6.07, 6.45) is 5.42. The molecule has 1 fully saturated rings. The summed E-state index contributed by atoms with van der Waals surface area (Å²) in [4.78, 5) is 6.20. The van der Waals surface area contributed by atoms with Crippen molar-refractivity contribution >= 4 is 11.7 Å². The first kappa shape index (κ1) is 13.6. The van der Waals surface area contributed by atoms with Gasteiger partial charge in [-0.2, -0.15) is 0 Å². The van der Waals surface area contributed by atoms with Gasteiger partial charge in [0, 0.05) is 25.4 Å². The van der Waals surface area contributed by atoms with Crippen molar-refractivity contribution < 1.29 is 10.3 Å². The highest BCUT2D eigenvalue weighted by molar-refractivity contribution is 5.96. The molecular weight excluding hydrogens is 244 g/mol. The average molecular weight is 264 g/mol. The summed E-state index contributed by atoms with van der Waals surface area (Å²) in [5, 5.41) is 21.9. The van der Waals surface area contributed by atoms with E-state index in [9.17, 15) is 5.11 Å². The molecule has 19 heavy (non-hydrogen) atoms. The molecule has 1 aliphatic rings. The van der Waals surface area contributed by atoms with E-state index in [1.54, 1.807) is 18.3 Å². The van der Waals surface area contributed by atoms with Gasteiger partial charge in [-0.25, -0.2) is 4.98 Å². The van der Waals surface area contributed by atoms with Crippen molar-refractivity contribution in [3.8, 4) is 0 Å². The molecule has 1 aromatic rings. The maximum atomic E-state index is 10.4. The van der Waals surface area contributed by atoms with E-state index in [1.165, 1.54) is 0 Å². The Morgan fingerprint density at radius 3 is 2.68 bits per heavy atom. The molecule has 1 saturated carbocycles. The Bertz CT molecular complexity index is 452. The third-order valence-corrected chi connectivity index (χ3v) is 3.61. The summed E-state index contributed by atoms with van der Waals surface area (Å²) in [7, 11) is 1.90. The first-order valence-electron chi connectivity index (χ1n) is 6.41. The number of aromatic nitrogens is 1. The molecular formula is C13H20N4O2. The van der Waals surface area contributed by atoms with Crippen LogP contribution in [0.25, 0.3) is 0 Å². The highest BCUT2D eigenvalue weighted by Crippen LogP contribution is 2.30. The van der Waals surface area contributed by atoms with Gasteiger partial charge in [0.05, 0.1) is 5.60 Å². The second-order valence-electron chi connectivity index (χ2n) is 5.18. The van der Waals surface area contributed by atoms with Crippen LogP contribution in [0.2, 0.25) is 0 Å². The zero-order valence-electron chi connectivity index (χ0n) is 11.1. The van der Waals surface area contributed by atoms with Crippen molar-refractivity contribution in [3.05, 3.63) is 23.9 Å². The van der Waals surface area contributed by atoms with Crippen LogP contribution in [0.5, 0.6) is 0 Å². The van der Waals surface area contributed by atoms with Gasteiger partial charge in [-0.3, -0.25) is 0 Å². The monoisotopic (exact) mass is 264 g/mol. The Labute approximate surface area is 112 Å². The summed E-state index contributed by atoms with van der Waals surface area (Å²) in [5.74, 6) is 0.797. The molecule has 6 nitrogen and oxygen atoms in total. The number of rotatable bonds is 4. The number of oxime groups is 1. The minimum atomic E-state index is -0.597. The van der Waals surface area contributed by atoms with E-state index in [1.807, 2.05) is 11.9 Å². The highest BCUT2D eigenvalue weighted by Gasteiger charge is 2.32. The minimum Gasteiger partial charge on any atom is -0.409 e. The van der Waals surface area contributed by atoms with Crippen LogP contribution in [-0.2, 0) is 0 Å². The Kier molecular flexibility index (Phi) is 3.90. The van der Waals surface area contributed by atoms with Crippen LogP contribution in [0, 0.1) is 0 Å². The number of nitrogens with two attached hydrogens (primary N) is 1. The molecule has 1 heterocycles. The van der Waals surface area contributed by atoms with E-state index in [4.69, 9.17) is 10.9 Å². The number of hydrogen-bond donors (Lipinski definition) is 3. The third-order valence-electron chi connectivity index (χ3n) is 3.61. The van der Waals surface area contributed by atoms with Gasteiger partial charge < -0.3 is 20.9 Å². The van der Waals surface area contributed by atoms with Gasteiger partial charge in [0.15, 0.2) is 5.84 Å². The molecule has 6 heteroatoms. The summed E-state index contributed by atoms with van der Waals surface area (Å²) in [5.41, 5.74) is 5.45. The zero-order valence-corrected chi connectivity index (χ0v) is 11.1. The fourth-order valence-electron chi connectivity index (χ4n) is 2.53. The molecule has 0 saturated heterocycles. The first-order chi connectivity index (χ1) is 9.04. The van der Waals surface area contributed by atoms with Gasteiger partial charge >= 0.3 is 0 Å².